The summed E-state index contributed by atoms with van der Waals surface area (Å²) >= 11 is 0. The third-order valence-corrected chi connectivity index (χ3v) is 3.03. The van der Waals surface area contributed by atoms with E-state index in [1.165, 1.54) is 30.1 Å². The molecule has 2 heterocycles. The van der Waals surface area contributed by atoms with Crippen molar-refractivity contribution in [1.82, 2.24) is 14.9 Å². The van der Waals surface area contributed by atoms with E-state index in [0.717, 1.165) is 25.6 Å². The number of imidazole rings is 1. The maximum Gasteiger partial charge on any atom is 0.112 e. The van der Waals surface area contributed by atoms with E-state index in [9.17, 15) is 0 Å². The number of rotatable bonds is 2. The van der Waals surface area contributed by atoms with E-state index >= 15 is 0 Å². The molecule has 0 unspecified atom stereocenters. The van der Waals surface area contributed by atoms with Crippen molar-refractivity contribution in [3.63, 3.8) is 0 Å². The van der Waals surface area contributed by atoms with Crippen molar-refractivity contribution in [3.05, 3.63) is 17.2 Å². The maximum atomic E-state index is 4.72. The Morgan fingerprint density at radius 2 is 2.31 bits per heavy atom. The number of fused-ring (bicyclic) bond motifs is 1. The first-order valence-corrected chi connectivity index (χ1v) is 5.19. The van der Waals surface area contributed by atoms with Gasteiger partial charge in [-0.3, -0.25) is 0 Å². The average molecular weight is 177 g/mol. The van der Waals surface area contributed by atoms with Crippen LogP contribution in [-0.4, -0.2) is 9.55 Å². The molecule has 1 aliphatic heterocycles. The molecule has 13 heavy (non-hydrogen) atoms. The molecular formula is C10H15N3. The fourth-order valence-corrected chi connectivity index (χ4v) is 2.20. The number of nitrogens with one attached hydrogen (secondary N) is 1. The zero-order valence-electron chi connectivity index (χ0n) is 8.01. The first-order chi connectivity index (χ1) is 6.40. The van der Waals surface area contributed by atoms with Crippen LogP contribution >= 0.6 is 0 Å². The molecule has 0 spiro atoms. The third-order valence-electron chi connectivity index (χ3n) is 3.03. The van der Waals surface area contributed by atoms with Gasteiger partial charge in [-0.25, -0.2) is 4.98 Å². The second-order valence-corrected chi connectivity index (χ2v) is 3.99. The zero-order chi connectivity index (χ0) is 8.84. The molecule has 0 bridgehead atoms. The van der Waals surface area contributed by atoms with Crippen molar-refractivity contribution >= 4 is 0 Å². The summed E-state index contributed by atoms with van der Waals surface area (Å²) in [6, 6.07) is 0. The molecule has 0 aromatic carbocycles. The predicted molar refractivity (Wildman–Crippen MR) is 50.4 cm³/mol. The molecule has 1 aromatic rings. The molecule has 0 saturated heterocycles. The van der Waals surface area contributed by atoms with Crippen molar-refractivity contribution in [2.75, 3.05) is 0 Å². The Labute approximate surface area is 78.2 Å². The summed E-state index contributed by atoms with van der Waals surface area (Å²) in [5.74, 6) is 2.14. The zero-order valence-corrected chi connectivity index (χ0v) is 8.01. The Bertz CT molecular complexity index is 336. The number of hydrogen-bond acceptors (Lipinski definition) is 2. The fourth-order valence-electron chi connectivity index (χ4n) is 2.20. The van der Waals surface area contributed by atoms with Gasteiger partial charge in [0.2, 0.25) is 0 Å². The van der Waals surface area contributed by atoms with Crippen LogP contribution in [0.4, 0.5) is 0 Å². The summed E-state index contributed by atoms with van der Waals surface area (Å²) in [6.07, 6.45) is 2.70. The minimum Gasteiger partial charge on any atom is -0.331 e. The molecule has 2 aliphatic rings. The second kappa shape index (κ2) is 2.58. The Morgan fingerprint density at radius 1 is 1.46 bits per heavy atom. The van der Waals surface area contributed by atoms with E-state index in [4.69, 9.17) is 4.98 Å². The summed E-state index contributed by atoms with van der Waals surface area (Å²) < 4.78 is 2.41. The highest BCUT2D eigenvalue weighted by atomic mass is 15.1. The van der Waals surface area contributed by atoms with Gasteiger partial charge in [0.15, 0.2) is 0 Å². The van der Waals surface area contributed by atoms with Gasteiger partial charge in [0, 0.05) is 25.6 Å². The van der Waals surface area contributed by atoms with E-state index in [2.05, 4.69) is 16.8 Å². The third kappa shape index (κ3) is 1.03. The van der Waals surface area contributed by atoms with Crippen LogP contribution in [0.2, 0.25) is 0 Å². The van der Waals surface area contributed by atoms with Crippen LogP contribution in [0.1, 0.15) is 42.9 Å². The average Bonchev–Trinajstić information content (AvgIpc) is 2.76. The molecule has 1 N–H and O–H groups in total. The summed E-state index contributed by atoms with van der Waals surface area (Å²) in [6.45, 7) is 5.28. The molecular weight excluding hydrogens is 162 g/mol. The van der Waals surface area contributed by atoms with Crippen LogP contribution in [0.25, 0.3) is 0 Å². The van der Waals surface area contributed by atoms with Crippen LogP contribution in [0.15, 0.2) is 0 Å². The van der Waals surface area contributed by atoms with E-state index < -0.39 is 0 Å². The number of hydrogen-bond donors (Lipinski definition) is 1. The number of aromatic nitrogens is 2. The lowest BCUT2D eigenvalue weighted by Crippen LogP contribution is -2.09. The van der Waals surface area contributed by atoms with E-state index in [0.29, 0.717) is 0 Å². The molecule has 0 radical (unpaired) electrons. The molecule has 0 amide bonds. The fraction of sp³-hybridized carbons (Fsp3) is 0.700. The smallest absolute Gasteiger partial charge is 0.112 e. The molecule has 0 atom stereocenters. The van der Waals surface area contributed by atoms with Crippen molar-refractivity contribution in [2.45, 2.75) is 45.3 Å². The normalized spacial score (nSPS) is 20.7. The molecule has 70 valence electrons. The molecule has 3 rings (SSSR count). The molecule has 1 saturated carbocycles. The highest BCUT2D eigenvalue weighted by Crippen LogP contribution is 2.40. The second-order valence-electron chi connectivity index (χ2n) is 3.99. The summed E-state index contributed by atoms with van der Waals surface area (Å²) in [7, 11) is 0. The standard InChI is InChI=1S/C10H15N3/c1-2-13-9-6-11-5-8(9)12-10(13)7-3-4-7/h7,11H,2-6H2,1H3. The summed E-state index contributed by atoms with van der Waals surface area (Å²) in [5, 5.41) is 3.35. The molecule has 1 fully saturated rings. The highest BCUT2D eigenvalue weighted by molar-refractivity contribution is 5.24. The van der Waals surface area contributed by atoms with Gasteiger partial charge in [-0.2, -0.15) is 0 Å². The predicted octanol–water partition coefficient (Wildman–Crippen LogP) is 1.38. The van der Waals surface area contributed by atoms with Gasteiger partial charge in [-0.1, -0.05) is 0 Å². The summed E-state index contributed by atoms with van der Waals surface area (Å²) in [4.78, 5) is 4.72. The van der Waals surface area contributed by atoms with Gasteiger partial charge in [-0.15, -0.1) is 0 Å². The van der Waals surface area contributed by atoms with Gasteiger partial charge in [0.1, 0.15) is 5.82 Å². The first kappa shape index (κ1) is 7.56. The van der Waals surface area contributed by atoms with Crippen molar-refractivity contribution in [1.29, 1.82) is 0 Å². The SMILES string of the molecule is CCn1c(C2CC2)nc2c1CNC2. The van der Waals surface area contributed by atoms with Crippen LogP contribution in [-0.2, 0) is 19.6 Å². The van der Waals surface area contributed by atoms with E-state index in [1.54, 1.807) is 0 Å². The van der Waals surface area contributed by atoms with Crippen LogP contribution in [0, 0.1) is 0 Å². The lowest BCUT2D eigenvalue weighted by Gasteiger charge is -2.06. The lowest BCUT2D eigenvalue weighted by atomic mass is 10.3. The van der Waals surface area contributed by atoms with Crippen LogP contribution in [0.5, 0.6) is 0 Å². The van der Waals surface area contributed by atoms with Gasteiger partial charge < -0.3 is 9.88 Å². The summed E-state index contributed by atoms with van der Waals surface area (Å²) in [5.41, 5.74) is 2.73. The van der Waals surface area contributed by atoms with E-state index in [1.807, 2.05) is 0 Å². The highest BCUT2D eigenvalue weighted by Gasteiger charge is 2.31. The minimum atomic E-state index is 0.783. The van der Waals surface area contributed by atoms with Crippen LogP contribution in [0.3, 0.4) is 0 Å². The first-order valence-electron chi connectivity index (χ1n) is 5.19. The van der Waals surface area contributed by atoms with Crippen molar-refractivity contribution in [3.8, 4) is 0 Å². The van der Waals surface area contributed by atoms with Crippen LogP contribution < -0.4 is 5.32 Å². The largest absolute Gasteiger partial charge is 0.331 e. The van der Waals surface area contributed by atoms with Crippen molar-refractivity contribution in [2.24, 2.45) is 0 Å². The van der Waals surface area contributed by atoms with Gasteiger partial charge in [0.25, 0.3) is 0 Å². The molecule has 1 aliphatic carbocycles. The van der Waals surface area contributed by atoms with Gasteiger partial charge in [0.05, 0.1) is 11.4 Å². The number of nitrogens with zero attached hydrogens (tertiary/aromatic N) is 2. The quantitative estimate of drug-likeness (QED) is 0.739. The Morgan fingerprint density at radius 3 is 3.00 bits per heavy atom. The monoisotopic (exact) mass is 177 g/mol. The van der Waals surface area contributed by atoms with Crippen molar-refractivity contribution < 1.29 is 0 Å². The Kier molecular flexibility index (Phi) is 1.50. The van der Waals surface area contributed by atoms with E-state index in [-0.39, 0.29) is 0 Å². The van der Waals surface area contributed by atoms with Gasteiger partial charge >= 0.3 is 0 Å². The Balaban J connectivity index is 2.09. The molecule has 1 aromatic heterocycles. The lowest BCUT2D eigenvalue weighted by molar-refractivity contribution is 0.635. The maximum absolute atomic E-state index is 4.72. The topological polar surface area (TPSA) is 29.9 Å². The van der Waals surface area contributed by atoms with Gasteiger partial charge in [-0.05, 0) is 19.8 Å². The molecule has 3 nitrogen and oxygen atoms in total. The Hall–Kier alpha value is -0.830. The molecule has 3 heteroatoms. The minimum absolute atomic E-state index is 0.783.